The summed E-state index contributed by atoms with van der Waals surface area (Å²) in [5.41, 5.74) is 4.29. The van der Waals surface area contributed by atoms with Gasteiger partial charge in [-0.2, -0.15) is 16.4 Å². The van der Waals surface area contributed by atoms with E-state index in [1.807, 2.05) is 24.9 Å². The Morgan fingerprint density at radius 3 is 3.11 bits per heavy atom. The van der Waals surface area contributed by atoms with Gasteiger partial charge in [-0.05, 0) is 30.0 Å². The van der Waals surface area contributed by atoms with Crippen molar-refractivity contribution in [1.82, 2.24) is 14.8 Å². The fraction of sp³-hybridized carbons (Fsp3) is 0.231. The van der Waals surface area contributed by atoms with E-state index in [1.54, 1.807) is 11.3 Å². The third-order valence-electron chi connectivity index (χ3n) is 2.94. The minimum atomic E-state index is 0.786. The van der Waals surface area contributed by atoms with Crippen molar-refractivity contribution in [3.63, 3.8) is 0 Å². The second-order valence-electron chi connectivity index (χ2n) is 4.29. The Morgan fingerprint density at radius 1 is 1.44 bits per heavy atom. The Kier molecular flexibility index (Phi) is 2.76. The third kappa shape index (κ3) is 1.97. The Hall–Kier alpha value is -1.88. The monoisotopic (exact) mass is 258 g/mol. The molecular formula is C13H14N4S. The minimum Gasteiger partial charge on any atom is -0.380 e. The van der Waals surface area contributed by atoms with Crippen molar-refractivity contribution in [3.8, 4) is 0 Å². The molecule has 0 unspecified atom stereocenters. The quantitative estimate of drug-likeness (QED) is 0.785. The van der Waals surface area contributed by atoms with E-state index in [0.29, 0.717) is 0 Å². The van der Waals surface area contributed by atoms with Gasteiger partial charge in [-0.25, -0.2) is 4.98 Å². The van der Waals surface area contributed by atoms with Crippen molar-refractivity contribution >= 4 is 28.1 Å². The summed E-state index contributed by atoms with van der Waals surface area (Å²) in [6, 6.07) is 4.23. The highest BCUT2D eigenvalue weighted by Crippen LogP contribution is 2.18. The van der Waals surface area contributed by atoms with Gasteiger partial charge in [0.2, 0.25) is 0 Å². The van der Waals surface area contributed by atoms with E-state index in [2.05, 4.69) is 38.3 Å². The number of nitrogens with one attached hydrogen (secondary N) is 1. The van der Waals surface area contributed by atoms with Crippen LogP contribution in [0.1, 0.15) is 11.3 Å². The molecule has 0 radical (unpaired) electrons. The predicted molar refractivity (Wildman–Crippen MR) is 74.9 cm³/mol. The lowest BCUT2D eigenvalue weighted by Crippen LogP contribution is -1.99. The lowest BCUT2D eigenvalue weighted by atomic mass is 10.2. The van der Waals surface area contributed by atoms with Crippen LogP contribution < -0.4 is 5.32 Å². The average molecular weight is 258 g/mol. The van der Waals surface area contributed by atoms with E-state index in [1.165, 1.54) is 5.56 Å². The molecule has 3 heterocycles. The fourth-order valence-corrected chi connectivity index (χ4v) is 2.63. The van der Waals surface area contributed by atoms with Gasteiger partial charge in [0.25, 0.3) is 0 Å². The van der Waals surface area contributed by atoms with Crippen molar-refractivity contribution in [2.75, 3.05) is 5.32 Å². The molecule has 4 nitrogen and oxygen atoms in total. The molecule has 1 N–H and O–H groups in total. The van der Waals surface area contributed by atoms with E-state index < -0.39 is 0 Å². The summed E-state index contributed by atoms with van der Waals surface area (Å²) in [6.07, 6.45) is 1.91. The van der Waals surface area contributed by atoms with E-state index in [0.717, 1.165) is 29.0 Å². The zero-order chi connectivity index (χ0) is 12.5. The first-order chi connectivity index (χ1) is 8.74. The van der Waals surface area contributed by atoms with Crippen molar-refractivity contribution < 1.29 is 0 Å². The largest absolute Gasteiger partial charge is 0.380 e. The number of anilines is 1. The number of aryl methyl sites for hydroxylation is 2. The third-order valence-corrected chi connectivity index (χ3v) is 3.62. The SMILES string of the molecule is Cc1nn(C)c2ncc(CNc3ccsc3)cc12. The molecule has 92 valence electrons. The van der Waals surface area contributed by atoms with Crippen molar-refractivity contribution in [3.05, 3.63) is 40.3 Å². The van der Waals surface area contributed by atoms with Crippen molar-refractivity contribution in [2.45, 2.75) is 13.5 Å². The van der Waals surface area contributed by atoms with Crippen LogP contribution in [0.25, 0.3) is 11.0 Å². The van der Waals surface area contributed by atoms with Crippen molar-refractivity contribution in [1.29, 1.82) is 0 Å². The maximum atomic E-state index is 4.46. The van der Waals surface area contributed by atoms with Crippen molar-refractivity contribution in [2.24, 2.45) is 7.05 Å². The van der Waals surface area contributed by atoms with Gasteiger partial charge in [0.15, 0.2) is 5.65 Å². The van der Waals surface area contributed by atoms with Gasteiger partial charge < -0.3 is 5.32 Å². The Balaban J connectivity index is 1.87. The van der Waals surface area contributed by atoms with E-state index >= 15 is 0 Å². The van der Waals surface area contributed by atoms with Gasteiger partial charge in [0, 0.05) is 36.2 Å². The highest BCUT2D eigenvalue weighted by Gasteiger charge is 2.06. The summed E-state index contributed by atoms with van der Waals surface area (Å²) in [7, 11) is 1.92. The number of rotatable bonds is 3. The molecule has 18 heavy (non-hydrogen) atoms. The standard InChI is InChI=1S/C13H14N4S/c1-9-12-5-10(6-14-11-3-4-18-8-11)7-15-13(12)17(2)16-9/h3-5,7-8,14H,6H2,1-2H3. The van der Waals surface area contributed by atoms with Crippen LogP contribution in [0, 0.1) is 6.92 Å². The van der Waals surface area contributed by atoms with Crippen LogP contribution >= 0.6 is 11.3 Å². The Bertz CT molecular complexity index is 670. The van der Waals surface area contributed by atoms with Crippen LogP contribution in [0.2, 0.25) is 0 Å². The number of fused-ring (bicyclic) bond motifs is 1. The van der Waals surface area contributed by atoms with Crippen LogP contribution in [-0.2, 0) is 13.6 Å². The van der Waals surface area contributed by atoms with Gasteiger partial charge in [-0.3, -0.25) is 4.68 Å². The number of pyridine rings is 1. The number of thiophene rings is 1. The number of hydrogen-bond donors (Lipinski definition) is 1. The van der Waals surface area contributed by atoms with Crippen LogP contribution in [0.5, 0.6) is 0 Å². The molecule has 3 rings (SSSR count). The van der Waals surface area contributed by atoms with Crippen LogP contribution in [0.15, 0.2) is 29.1 Å². The molecule has 0 atom stereocenters. The topological polar surface area (TPSA) is 42.7 Å². The summed E-state index contributed by atoms with van der Waals surface area (Å²) in [5.74, 6) is 0. The summed E-state index contributed by atoms with van der Waals surface area (Å²) in [5, 5.41) is 13.0. The fourth-order valence-electron chi connectivity index (χ4n) is 2.02. The molecule has 0 aromatic carbocycles. The molecule has 0 fully saturated rings. The molecule has 0 aliphatic rings. The molecule has 0 saturated heterocycles. The van der Waals surface area contributed by atoms with Gasteiger partial charge in [0.1, 0.15) is 0 Å². The van der Waals surface area contributed by atoms with Crippen LogP contribution in [-0.4, -0.2) is 14.8 Å². The van der Waals surface area contributed by atoms with Gasteiger partial charge >= 0.3 is 0 Å². The second kappa shape index (κ2) is 4.42. The molecule has 3 aromatic rings. The normalized spacial score (nSPS) is 11.0. The summed E-state index contributed by atoms with van der Waals surface area (Å²) >= 11 is 1.69. The maximum Gasteiger partial charge on any atom is 0.157 e. The molecule has 0 bridgehead atoms. The van der Waals surface area contributed by atoms with E-state index in [9.17, 15) is 0 Å². The summed E-state index contributed by atoms with van der Waals surface area (Å²) in [4.78, 5) is 4.46. The molecule has 0 aliphatic heterocycles. The lowest BCUT2D eigenvalue weighted by Gasteiger charge is -2.04. The van der Waals surface area contributed by atoms with E-state index in [-0.39, 0.29) is 0 Å². The molecule has 0 amide bonds. The predicted octanol–water partition coefficient (Wildman–Crippen LogP) is 2.95. The number of aromatic nitrogens is 3. The zero-order valence-electron chi connectivity index (χ0n) is 10.3. The van der Waals surface area contributed by atoms with Gasteiger partial charge in [-0.15, -0.1) is 0 Å². The number of nitrogens with zero attached hydrogens (tertiary/aromatic N) is 3. The Labute approximate surface area is 109 Å². The molecule has 0 saturated carbocycles. The average Bonchev–Trinajstić information content (AvgIpc) is 2.97. The van der Waals surface area contributed by atoms with E-state index in [4.69, 9.17) is 0 Å². The highest BCUT2D eigenvalue weighted by molar-refractivity contribution is 7.08. The van der Waals surface area contributed by atoms with Gasteiger partial charge in [0.05, 0.1) is 5.69 Å². The first kappa shape index (κ1) is 11.2. The van der Waals surface area contributed by atoms with Crippen LogP contribution in [0.3, 0.4) is 0 Å². The zero-order valence-corrected chi connectivity index (χ0v) is 11.2. The minimum absolute atomic E-state index is 0.786. The van der Waals surface area contributed by atoms with Crippen LogP contribution in [0.4, 0.5) is 5.69 Å². The summed E-state index contributed by atoms with van der Waals surface area (Å²) in [6.45, 7) is 2.80. The molecule has 0 aliphatic carbocycles. The molecular weight excluding hydrogens is 244 g/mol. The Morgan fingerprint density at radius 2 is 2.33 bits per heavy atom. The lowest BCUT2D eigenvalue weighted by molar-refractivity contribution is 0.773. The maximum absolute atomic E-state index is 4.46. The summed E-state index contributed by atoms with van der Waals surface area (Å²) < 4.78 is 1.82. The first-order valence-corrected chi connectivity index (χ1v) is 6.72. The molecule has 3 aromatic heterocycles. The molecule has 5 heteroatoms. The second-order valence-corrected chi connectivity index (χ2v) is 5.07. The molecule has 0 spiro atoms. The smallest absolute Gasteiger partial charge is 0.157 e. The highest BCUT2D eigenvalue weighted by atomic mass is 32.1. The first-order valence-electron chi connectivity index (χ1n) is 5.78. The van der Waals surface area contributed by atoms with Gasteiger partial charge in [-0.1, -0.05) is 0 Å². The number of hydrogen-bond acceptors (Lipinski definition) is 4.